The first kappa shape index (κ1) is 20.4. The van der Waals surface area contributed by atoms with Crippen LogP contribution in [0.2, 0.25) is 0 Å². The molecule has 3 aromatic rings. The van der Waals surface area contributed by atoms with Gasteiger partial charge in [-0.3, -0.25) is 9.69 Å². The quantitative estimate of drug-likeness (QED) is 0.636. The Morgan fingerprint density at radius 2 is 1.73 bits per heavy atom. The second-order valence-corrected chi connectivity index (χ2v) is 8.23. The predicted molar refractivity (Wildman–Crippen MR) is 120 cm³/mol. The Bertz CT molecular complexity index is 961. The van der Waals surface area contributed by atoms with Crippen LogP contribution in [0.4, 0.5) is 0 Å². The first-order valence-corrected chi connectivity index (χ1v) is 10.8. The van der Waals surface area contributed by atoms with Crippen LogP contribution in [-0.2, 0) is 11.3 Å². The molecule has 0 aliphatic heterocycles. The largest absolute Gasteiger partial charge is 0.352 e. The van der Waals surface area contributed by atoms with Crippen LogP contribution in [-0.4, -0.2) is 39.7 Å². The number of hydrogen-bond acceptors (Lipinski definition) is 3. The molecule has 156 valence electrons. The summed E-state index contributed by atoms with van der Waals surface area (Å²) < 4.78 is 1.93. The SMILES string of the molecule is C[C@H](C(=O)NC1CCCC1)N(C)Cc1cn(-c2ccccc2)nc1-c1ccccc1. The van der Waals surface area contributed by atoms with Gasteiger partial charge in [0, 0.05) is 29.9 Å². The maximum atomic E-state index is 12.7. The number of aromatic nitrogens is 2. The zero-order chi connectivity index (χ0) is 20.9. The predicted octanol–water partition coefficient (Wildman–Crippen LogP) is 4.42. The van der Waals surface area contributed by atoms with Gasteiger partial charge in [0.05, 0.1) is 17.4 Å². The highest BCUT2D eigenvalue weighted by molar-refractivity contribution is 5.81. The molecule has 1 saturated carbocycles. The van der Waals surface area contributed by atoms with Crippen LogP contribution >= 0.6 is 0 Å². The maximum absolute atomic E-state index is 12.7. The van der Waals surface area contributed by atoms with Crippen molar-refractivity contribution in [3.8, 4) is 16.9 Å². The van der Waals surface area contributed by atoms with Gasteiger partial charge in [0.1, 0.15) is 0 Å². The summed E-state index contributed by atoms with van der Waals surface area (Å²) in [5, 5.41) is 8.10. The topological polar surface area (TPSA) is 50.2 Å². The third-order valence-electron chi connectivity index (χ3n) is 6.02. The second kappa shape index (κ2) is 9.26. The molecule has 2 aromatic carbocycles. The number of hydrogen-bond donors (Lipinski definition) is 1. The van der Waals surface area contributed by atoms with Crippen LogP contribution in [0, 0.1) is 0 Å². The molecular formula is C25H30N4O. The number of likely N-dealkylation sites (N-methyl/N-ethyl adjacent to an activating group) is 1. The van der Waals surface area contributed by atoms with E-state index in [0.717, 1.165) is 35.3 Å². The average Bonchev–Trinajstić information content (AvgIpc) is 3.44. The van der Waals surface area contributed by atoms with Gasteiger partial charge in [0.2, 0.25) is 5.91 Å². The van der Waals surface area contributed by atoms with E-state index in [-0.39, 0.29) is 11.9 Å². The molecule has 5 nitrogen and oxygen atoms in total. The van der Waals surface area contributed by atoms with Crippen molar-refractivity contribution in [1.82, 2.24) is 20.0 Å². The molecule has 1 amide bonds. The van der Waals surface area contributed by atoms with Crippen LogP contribution in [0.5, 0.6) is 0 Å². The van der Waals surface area contributed by atoms with Crippen molar-refractivity contribution in [3.05, 3.63) is 72.4 Å². The van der Waals surface area contributed by atoms with Crippen LogP contribution in [0.1, 0.15) is 38.2 Å². The van der Waals surface area contributed by atoms with Crippen molar-refractivity contribution in [2.45, 2.75) is 51.2 Å². The lowest BCUT2D eigenvalue weighted by atomic mass is 10.1. The van der Waals surface area contributed by atoms with E-state index in [1.54, 1.807) is 0 Å². The summed E-state index contributed by atoms with van der Waals surface area (Å²) in [6.45, 7) is 2.63. The molecule has 0 spiro atoms. The first-order valence-electron chi connectivity index (χ1n) is 10.8. The van der Waals surface area contributed by atoms with Gasteiger partial charge in [-0.2, -0.15) is 5.10 Å². The fourth-order valence-corrected chi connectivity index (χ4v) is 4.08. The Hall–Kier alpha value is -2.92. The monoisotopic (exact) mass is 402 g/mol. The average molecular weight is 403 g/mol. The van der Waals surface area contributed by atoms with E-state index in [2.05, 4.69) is 28.5 Å². The van der Waals surface area contributed by atoms with E-state index >= 15 is 0 Å². The highest BCUT2D eigenvalue weighted by Crippen LogP contribution is 2.25. The summed E-state index contributed by atoms with van der Waals surface area (Å²) in [7, 11) is 2.01. The summed E-state index contributed by atoms with van der Waals surface area (Å²) in [6, 6.07) is 20.5. The molecule has 1 N–H and O–H groups in total. The number of nitrogens with zero attached hydrogens (tertiary/aromatic N) is 3. The van der Waals surface area contributed by atoms with Crippen molar-refractivity contribution in [2.24, 2.45) is 0 Å². The highest BCUT2D eigenvalue weighted by atomic mass is 16.2. The maximum Gasteiger partial charge on any atom is 0.237 e. The zero-order valence-electron chi connectivity index (χ0n) is 17.8. The zero-order valence-corrected chi connectivity index (χ0v) is 17.8. The fourth-order valence-electron chi connectivity index (χ4n) is 4.08. The lowest BCUT2D eigenvalue weighted by Crippen LogP contribution is -2.46. The molecule has 0 unspecified atom stereocenters. The van der Waals surface area contributed by atoms with Crippen molar-refractivity contribution in [3.63, 3.8) is 0 Å². The smallest absolute Gasteiger partial charge is 0.237 e. The fraction of sp³-hybridized carbons (Fsp3) is 0.360. The molecule has 1 aliphatic carbocycles. The number of para-hydroxylation sites is 1. The van der Waals surface area contributed by atoms with Crippen LogP contribution < -0.4 is 5.32 Å². The number of amides is 1. The van der Waals surface area contributed by atoms with Crippen LogP contribution in [0.25, 0.3) is 16.9 Å². The van der Waals surface area contributed by atoms with Crippen molar-refractivity contribution in [1.29, 1.82) is 0 Å². The van der Waals surface area contributed by atoms with Crippen molar-refractivity contribution >= 4 is 5.91 Å². The van der Waals surface area contributed by atoms with Gasteiger partial charge in [0.25, 0.3) is 0 Å². The number of carbonyl (C=O) groups excluding carboxylic acids is 1. The number of nitrogens with one attached hydrogen (secondary N) is 1. The first-order chi connectivity index (χ1) is 14.6. The van der Waals surface area contributed by atoms with Crippen LogP contribution in [0.15, 0.2) is 66.9 Å². The summed E-state index contributed by atoms with van der Waals surface area (Å²) in [4.78, 5) is 14.8. The molecular weight excluding hydrogens is 372 g/mol. The lowest BCUT2D eigenvalue weighted by Gasteiger charge is -2.25. The Kier molecular flexibility index (Phi) is 6.29. The molecule has 0 radical (unpaired) electrons. The Morgan fingerprint density at radius 1 is 1.10 bits per heavy atom. The minimum atomic E-state index is -0.200. The minimum Gasteiger partial charge on any atom is -0.352 e. The van der Waals surface area contributed by atoms with E-state index in [9.17, 15) is 4.79 Å². The van der Waals surface area contributed by atoms with E-state index in [0.29, 0.717) is 12.6 Å². The van der Waals surface area contributed by atoms with E-state index in [1.165, 1.54) is 12.8 Å². The van der Waals surface area contributed by atoms with Crippen molar-refractivity contribution in [2.75, 3.05) is 7.05 Å². The van der Waals surface area contributed by atoms with E-state index in [1.807, 2.05) is 67.2 Å². The van der Waals surface area contributed by atoms with Gasteiger partial charge in [-0.15, -0.1) is 0 Å². The van der Waals surface area contributed by atoms with Gasteiger partial charge in [-0.1, -0.05) is 61.4 Å². The van der Waals surface area contributed by atoms with Crippen LogP contribution in [0.3, 0.4) is 0 Å². The molecule has 1 heterocycles. The van der Waals surface area contributed by atoms with E-state index in [4.69, 9.17) is 5.10 Å². The van der Waals surface area contributed by atoms with Gasteiger partial charge < -0.3 is 5.32 Å². The van der Waals surface area contributed by atoms with Gasteiger partial charge >= 0.3 is 0 Å². The Balaban J connectivity index is 1.56. The standard InChI is InChI=1S/C25H30N4O/c1-19(25(30)26-22-13-9-10-14-22)28(2)17-21-18-29(23-15-7-4-8-16-23)27-24(21)20-11-5-3-6-12-20/h3-8,11-12,15-16,18-19,22H,9-10,13-14,17H2,1-2H3,(H,26,30)/t19-/m1/s1. The molecule has 4 rings (SSSR count). The normalized spacial score (nSPS) is 15.4. The third-order valence-corrected chi connectivity index (χ3v) is 6.02. The number of benzene rings is 2. The molecule has 0 bridgehead atoms. The molecule has 1 atom stereocenters. The molecule has 1 aliphatic rings. The van der Waals surface area contributed by atoms with Gasteiger partial charge in [0.15, 0.2) is 0 Å². The second-order valence-electron chi connectivity index (χ2n) is 8.23. The summed E-state index contributed by atoms with van der Waals surface area (Å²) in [5.74, 6) is 0.112. The summed E-state index contributed by atoms with van der Waals surface area (Å²) in [6.07, 6.45) is 6.71. The van der Waals surface area contributed by atoms with E-state index < -0.39 is 0 Å². The minimum absolute atomic E-state index is 0.112. The van der Waals surface area contributed by atoms with Gasteiger partial charge in [-0.25, -0.2) is 4.68 Å². The Labute approximate surface area is 178 Å². The number of carbonyl (C=O) groups is 1. The molecule has 1 aromatic heterocycles. The molecule has 5 heteroatoms. The molecule has 1 fully saturated rings. The number of rotatable bonds is 7. The third kappa shape index (κ3) is 4.62. The highest BCUT2D eigenvalue weighted by Gasteiger charge is 2.24. The molecule has 0 saturated heterocycles. The summed E-state index contributed by atoms with van der Waals surface area (Å²) in [5.41, 5.74) is 4.16. The van der Waals surface area contributed by atoms with Gasteiger partial charge in [-0.05, 0) is 38.9 Å². The molecule has 30 heavy (non-hydrogen) atoms. The summed E-state index contributed by atoms with van der Waals surface area (Å²) >= 11 is 0. The Morgan fingerprint density at radius 3 is 2.40 bits per heavy atom. The lowest BCUT2D eigenvalue weighted by molar-refractivity contribution is -0.126. The van der Waals surface area contributed by atoms with Crippen molar-refractivity contribution < 1.29 is 4.79 Å².